The average Bonchev–Trinajstić information content (AvgIpc) is 3.47. The lowest BCUT2D eigenvalue weighted by Crippen LogP contribution is -2.79. The van der Waals surface area contributed by atoms with Crippen molar-refractivity contribution in [1.29, 1.82) is 0 Å². The molecule has 1 aromatic heterocycles. The Morgan fingerprint density at radius 2 is 1.98 bits per heavy atom. The van der Waals surface area contributed by atoms with Crippen LogP contribution in [0.1, 0.15) is 66.1 Å². The third-order valence-corrected chi connectivity index (χ3v) is 11.6. The molecule has 1 aromatic rings. The maximum absolute atomic E-state index is 14.5. The molecule has 0 spiro atoms. The zero-order chi connectivity index (χ0) is 31.0. The lowest BCUT2D eigenvalue weighted by atomic mass is 9.43. The van der Waals surface area contributed by atoms with Crippen LogP contribution in [-0.2, 0) is 23.8 Å². The van der Waals surface area contributed by atoms with Crippen molar-refractivity contribution < 1.29 is 43.5 Å². The highest BCUT2D eigenvalue weighted by Crippen LogP contribution is 2.64. The number of carbonyl (C=O) groups excluding carboxylic acids is 2. The molecule has 0 amide bonds. The van der Waals surface area contributed by atoms with E-state index in [1.807, 2.05) is 13.2 Å². The first-order valence-electron chi connectivity index (χ1n) is 14.7. The van der Waals surface area contributed by atoms with E-state index in [4.69, 9.17) is 25.6 Å². The van der Waals surface area contributed by atoms with Crippen molar-refractivity contribution in [3.63, 3.8) is 0 Å². The van der Waals surface area contributed by atoms with Gasteiger partial charge in [-0.2, -0.15) is 0 Å². The van der Waals surface area contributed by atoms with Crippen LogP contribution < -0.4 is 0 Å². The second kappa shape index (κ2) is 10.7. The summed E-state index contributed by atoms with van der Waals surface area (Å²) in [5.74, 6) is -3.30. The average molecular weight is 605 g/mol. The van der Waals surface area contributed by atoms with E-state index in [0.717, 1.165) is 0 Å². The van der Waals surface area contributed by atoms with Gasteiger partial charge in [-0.15, -0.1) is 11.8 Å². The van der Waals surface area contributed by atoms with Gasteiger partial charge in [0.2, 0.25) is 0 Å². The number of thioether (sulfide) groups is 1. The molecule has 3 aliphatic carbocycles. The van der Waals surface area contributed by atoms with Gasteiger partial charge < -0.3 is 33.9 Å². The number of aliphatic hydroxyl groups excluding tert-OH is 1. The minimum Gasteiger partial charge on any atom is -0.469 e. The number of furan rings is 1. The fourth-order valence-electron chi connectivity index (χ4n) is 8.60. The highest BCUT2D eigenvalue weighted by molar-refractivity contribution is 7.98. The first kappa shape index (κ1) is 31.7. The SMILES string of the molecule is [CH][C@@H](c1ccco1)[C@@H](C)C(=O)OC1CC2(O)C(C)C3C4(O)COC4CC(OCSC)[C@@]3(C)C(=O)C(O)C(=C1C)C2(C)C. The van der Waals surface area contributed by atoms with E-state index < -0.39 is 81.9 Å². The number of carbonyl (C=O) groups is 2. The zero-order valence-corrected chi connectivity index (χ0v) is 26.3. The van der Waals surface area contributed by atoms with E-state index in [1.165, 1.54) is 18.0 Å². The Morgan fingerprint density at radius 1 is 1.29 bits per heavy atom. The molecule has 0 aromatic carbocycles. The first-order valence-corrected chi connectivity index (χ1v) is 16.1. The van der Waals surface area contributed by atoms with Gasteiger partial charge in [-0.05, 0) is 56.2 Å². The molecule has 4 aliphatic rings. The molecule has 9 nitrogen and oxygen atoms in total. The monoisotopic (exact) mass is 604 g/mol. The highest BCUT2D eigenvalue weighted by Gasteiger charge is 2.74. The summed E-state index contributed by atoms with van der Waals surface area (Å²) < 4.78 is 23.4. The Morgan fingerprint density at radius 3 is 2.55 bits per heavy atom. The Hall–Kier alpha value is -1.69. The van der Waals surface area contributed by atoms with Crippen LogP contribution in [0.15, 0.2) is 34.0 Å². The van der Waals surface area contributed by atoms with Gasteiger partial charge in [0, 0.05) is 30.1 Å². The van der Waals surface area contributed by atoms with E-state index >= 15 is 0 Å². The van der Waals surface area contributed by atoms with Gasteiger partial charge in [0.05, 0.1) is 48.0 Å². The number of Topliss-reactive ketones (excluding diaryl/α,β-unsaturated/α-hetero) is 1. The number of fused-ring (bicyclic) bond motifs is 5. The lowest BCUT2D eigenvalue weighted by molar-refractivity contribution is -0.338. The molecule has 3 N–H and O–H groups in total. The summed E-state index contributed by atoms with van der Waals surface area (Å²) >= 11 is 1.47. The smallest absolute Gasteiger partial charge is 0.310 e. The summed E-state index contributed by atoms with van der Waals surface area (Å²) in [4.78, 5) is 27.9. The third kappa shape index (κ3) is 4.30. The predicted molar refractivity (Wildman–Crippen MR) is 155 cm³/mol. The molecule has 2 heterocycles. The number of ketones is 1. The van der Waals surface area contributed by atoms with E-state index in [2.05, 4.69) is 0 Å². The highest BCUT2D eigenvalue weighted by atomic mass is 32.2. The van der Waals surface area contributed by atoms with Gasteiger partial charge in [-0.25, -0.2) is 0 Å². The van der Waals surface area contributed by atoms with Crippen LogP contribution in [-0.4, -0.2) is 81.5 Å². The van der Waals surface area contributed by atoms with E-state index in [0.29, 0.717) is 29.3 Å². The van der Waals surface area contributed by atoms with Gasteiger partial charge in [-0.1, -0.05) is 27.7 Å². The molecule has 11 atom stereocenters. The molecule has 8 unspecified atom stereocenters. The van der Waals surface area contributed by atoms with Crippen LogP contribution in [0.4, 0.5) is 0 Å². The van der Waals surface area contributed by atoms with Crippen molar-refractivity contribution in [2.45, 2.75) is 95.9 Å². The summed E-state index contributed by atoms with van der Waals surface area (Å²) in [6.07, 6.45) is -0.0785. The van der Waals surface area contributed by atoms with Gasteiger partial charge in [0.25, 0.3) is 0 Å². The molecular weight excluding hydrogens is 560 g/mol. The predicted octanol–water partition coefficient (Wildman–Crippen LogP) is 3.54. The number of ether oxygens (including phenoxy) is 3. The second-order valence-corrected chi connectivity index (χ2v) is 14.3. The molecule has 2 bridgehead atoms. The minimum atomic E-state index is -1.61. The Balaban J connectivity index is 1.59. The number of rotatable bonds is 7. The van der Waals surface area contributed by atoms with Crippen LogP contribution in [0.3, 0.4) is 0 Å². The van der Waals surface area contributed by atoms with Crippen molar-refractivity contribution >= 4 is 23.5 Å². The Labute approximate surface area is 252 Å². The van der Waals surface area contributed by atoms with Crippen LogP contribution in [0.2, 0.25) is 0 Å². The normalized spacial score (nSPS) is 42.4. The van der Waals surface area contributed by atoms with Crippen molar-refractivity contribution in [1.82, 2.24) is 0 Å². The summed E-state index contributed by atoms with van der Waals surface area (Å²) in [6, 6.07) is 3.38. The van der Waals surface area contributed by atoms with Gasteiger partial charge in [0.15, 0.2) is 5.78 Å². The molecule has 3 fully saturated rings. The van der Waals surface area contributed by atoms with Crippen molar-refractivity contribution in [2.24, 2.45) is 28.6 Å². The molecule has 1 aliphatic heterocycles. The van der Waals surface area contributed by atoms with Crippen molar-refractivity contribution in [2.75, 3.05) is 18.8 Å². The quantitative estimate of drug-likeness (QED) is 0.241. The van der Waals surface area contributed by atoms with Crippen molar-refractivity contribution in [3.05, 3.63) is 42.2 Å². The molecule has 2 saturated carbocycles. The summed E-state index contributed by atoms with van der Waals surface area (Å²) in [5, 5.41) is 36.7. The van der Waals surface area contributed by atoms with Crippen molar-refractivity contribution in [3.8, 4) is 0 Å². The van der Waals surface area contributed by atoms with Gasteiger partial charge in [0.1, 0.15) is 23.6 Å². The lowest BCUT2D eigenvalue weighted by Gasteiger charge is -2.67. The van der Waals surface area contributed by atoms with E-state index in [1.54, 1.807) is 46.8 Å². The molecule has 5 rings (SSSR count). The fourth-order valence-corrected chi connectivity index (χ4v) is 8.90. The standard InChI is InChI=1S/C32H44O9S/c1-16(20-10-9-11-38-20)17(2)28(35)41-21-13-32(37)19(4)26-30(7,27(34)25(33)24(18(21)3)29(32,5)6)22(40-15-42-8)12-23-31(26,36)14-39-23/h1,9-11,16-17,19,21-23,25-26,33,36-37H,12-15H2,2-8H3/t16-,17-,19?,21?,22?,23?,25?,26?,30-,31?,32?/m1/s1. The van der Waals surface area contributed by atoms with E-state index in [-0.39, 0.29) is 13.0 Å². The maximum Gasteiger partial charge on any atom is 0.310 e. The largest absolute Gasteiger partial charge is 0.469 e. The molecule has 2 radical (unpaired) electrons. The summed E-state index contributed by atoms with van der Waals surface area (Å²) in [5.41, 5.74) is -4.57. The second-order valence-electron chi connectivity index (χ2n) is 13.5. The van der Waals surface area contributed by atoms with Gasteiger partial charge in [-0.3, -0.25) is 9.59 Å². The topological polar surface area (TPSA) is 136 Å². The third-order valence-electron chi connectivity index (χ3n) is 11.2. The van der Waals surface area contributed by atoms with Gasteiger partial charge >= 0.3 is 5.97 Å². The molecule has 10 heteroatoms. The summed E-state index contributed by atoms with van der Waals surface area (Å²) in [7, 11) is 0. The zero-order valence-electron chi connectivity index (χ0n) is 25.5. The Bertz CT molecular complexity index is 1240. The fraction of sp³-hybridized carbons (Fsp3) is 0.719. The number of hydrogen-bond acceptors (Lipinski definition) is 10. The van der Waals surface area contributed by atoms with Crippen LogP contribution >= 0.6 is 11.8 Å². The number of hydrogen-bond donors (Lipinski definition) is 3. The molecular formula is C32H44O9S. The van der Waals surface area contributed by atoms with Crippen LogP contribution in [0.5, 0.6) is 0 Å². The first-order chi connectivity index (χ1) is 19.6. The summed E-state index contributed by atoms with van der Waals surface area (Å²) in [6.45, 7) is 16.9. The minimum absolute atomic E-state index is 0.0103. The van der Waals surface area contributed by atoms with E-state index in [9.17, 15) is 24.9 Å². The van der Waals surface area contributed by atoms with Crippen LogP contribution in [0, 0.1) is 35.5 Å². The number of aliphatic hydroxyl groups is 3. The maximum atomic E-state index is 14.5. The number of esters is 1. The molecule has 1 saturated heterocycles. The Kier molecular flexibility index (Phi) is 8.11. The van der Waals surface area contributed by atoms with Crippen LogP contribution in [0.25, 0.3) is 0 Å². The molecule has 232 valence electrons. The molecule has 42 heavy (non-hydrogen) atoms.